The molecule has 0 saturated carbocycles. The van der Waals surface area contributed by atoms with E-state index in [4.69, 9.17) is 11.6 Å². The van der Waals surface area contributed by atoms with Crippen LogP contribution in [0, 0.1) is 10.1 Å². The Morgan fingerprint density at radius 3 is 2.42 bits per heavy atom. The Morgan fingerprint density at radius 1 is 1.37 bits per heavy atom. The standard InChI is InChI=1S/C13H13ClN2O3/c1-3-8-15(9-4-2)13(17)10-6-5-7-11(14)12(10)16(18)19/h3-7H,1-2,8-9H2. The lowest BCUT2D eigenvalue weighted by Crippen LogP contribution is -2.31. The maximum Gasteiger partial charge on any atom is 0.300 e. The predicted octanol–water partition coefficient (Wildman–Crippen LogP) is 3.06. The van der Waals surface area contributed by atoms with E-state index in [1.54, 1.807) is 0 Å². The monoisotopic (exact) mass is 280 g/mol. The van der Waals surface area contributed by atoms with Crippen LogP contribution in [0.25, 0.3) is 0 Å². The summed E-state index contributed by atoms with van der Waals surface area (Å²) in [6.45, 7) is 7.64. The molecule has 0 N–H and O–H groups in total. The van der Waals surface area contributed by atoms with Crippen molar-refractivity contribution < 1.29 is 9.72 Å². The van der Waals surface area contributed by atoms with Crippen LogP contribution in [0.1, 0.15) is 10.4 Å². The zero-order valence-electron chi connectivity index (χ0n) is 10.2. The van der Waals surface area contributed by atoms with Crippen molar-refractivity contribution in [3.05, 3.63) is 64.2 Å². The summed E-state index contributed by atoms with van der Waals surface area (Å²) in [4.78, 5) is 24.0. The molecular weight excluding hydrogens is 268 g/mol. The summed E-state index contributed by atoms with van der Waals surface area (Å²) >= 11 is 5.77. The van der Waals surface area contributed by atoms with E-state index in [0.717, 1.165) is 0 Å². The minimum absolute atomic E-state index is 0.0406. The average Bonchev–Trinajstić information content (AvgIpc) is 2.37. The highest BCUT2D eigenvalue weighted by atomic mass is 35.5. The molecule has 1 rings (SSSR count). The first-order valence-electron chi connectivity index (χ1n) is 5.46. The van der Waals surface area contributed by atoms with Crippen LogP contribution in [-0.2, 0) is 0 Å². The average molecular weight is 281 g/mol. The number of halogens is 1. The molecule has 0 heterocycles. The van der Waals surface area contributed by atoms with Gasteiger partial charge in [0.05, 0.1) is 4.92 Å². The molecule has 6 heteroatoms. The Labute approximate surface area is 115 Å². The number of carbonyl (C=O) groups excluding carboxylic acids is 1. The number of carbonyl (C=O) groups is 1. The minimum Gasteiger partial charge on any atom is -0.331 e. The van der Waals surface area contributed by atoms with Gasteiger partial charge in [-0.15, -0.1) is 13.2 Å². The number of benzene rings is 1. The zero-order valence-corrected chi connectivity index (χ0v) is 11.0. The van der Waals surface area contributed by atoms with E-state index < -0.39 is 10.8 Å². The summed E-state index contributed by atoms with van der Waals surface area (Å²) in [5.41, 5.74) is -0.423. The Hall–Kier alpha value is -2.14. The molecule has 0 radical (unpaired) electrons. The number of hydrogen-bond donors (Lipinski definition) is 0. The van der Waals surface area contributed by atoms with Gasteiger partial charge in [-0.3, -0.25) is 14.9 Å². The molecule has 0 aliphatic carbocycles. The molecule has 1 aromatic rings. The van der Waals surface area contributed by atoms with Crippen molar-refractivity contribution in [2.45, 2.75) is 0 Å². The maximum absolute atomic E-state index is 12.3. The fourth-order valence-electron chi connectivity index (χ4n) is 1.60. The summed E-state index contributed by atoms with van der Waals surface area (Å²) in [6, 6.07) is 4.26. The SMILES string of the molecule is C=CCN(CC=C)C(=O)c1cccc(Cl)c1[N+](=O)[O-]. The highest BCUT2D eigenvalue weighted by Gasteiger charge is 2.26. The Balaban J connectivity index is 3.24. The highest BCUT2D eigenvalue weighted by molar-refractivity contribution is 6.33. The van der Waals surface area contributed by atoms with Gasteiger partial charge in [0.2, 0.25) is 0 Å². The summed E-state index contributed by atoms with van der Waals surface area (Å²) in [6.07, 6.45) is 3.08. The van der Waals surface area contributed by atoms with E-state index >= 15 is 0 Å². The van der Waals surface area contributed by atoms with Crippen molar-refractivity contribution in [3.8, 4) is 0 Å². The second-order valence-electron chi connectivity index (χ2n) is 3.68. The van der Waals surface area contributed by atoms with Crippen molar-refractivity contribution in [2.24, 2.45) is 0 Å². The van der Waals surface area contributed by atoms with Gasteiger partial charge >= 0.3 is 5.69 Å². The van der Waals surface area contributed by atoms with Gasteiger partial charge in [-0.2, -0.15) is 0 Å². The molecule has 0 atom stereocenters. The van der Waals surface area contributed by atoms with Crippen molar-refractivity contribution >= 4 is 23.2 Å². The molecule has 0 aliphatic heterocycles. The topological polar surface area (TPSA) is 63.5 Å². The third-order valence-electron chi connectivity index (χ3n) is 2.39. The molecule has 19 heavy (non-hydrogen) atoms. The van der Waals surface area contributed by atoms with E-state index in [1.807, 2.05) is 0 Å². The maximum atomic E-state index is 12.3. The number of amides is 1. The summed E-state index contributed by atoms with van der Waals surface area (Å²) in [5, 5.41) is 10.9. The molecule has 100 valence electrons. The first-order valence-corrected chi connectivity index (χ1v) is 5.84. The molecule has 1 amide bonds. The van der Waals surface area contributed by atoms with Crippen molar-refractivity contribution in [2.75, 3.05) is 13.1 Å². The van der Waals surface area contributed by atoms with Gasteiger partial charge in [0.1, 0.15) is 10.6 Å². The van der Waals surface area contributed by atoms with Gasteiger partial charge in [0.15, 0.2) is 0 Å². The van der Waals surface area contributed by atoms with E-state index in [2.05, 4.69) is 13.2 Å². The number of nitro benzene ring substituents is 1. The lowest BCUT2D eigenvalue weighted by Gasteiger charge is -2.19. The first kappa shape index (κ1) is 14.9. The third-order valence-corrected chi connectivity index (χ3v) is 2.69. The largest absolute Gasteiger partial charge is 0.331 e. The third kappa shape index (κ3) is 3.42. The number of para-hydroxylation sites is 1. The number of nitrogens with zero attached hydrogens (tertiary/aromatic N) is 2. The number of rotatable bonds is 6. The van der Waals surface area contributed by atoms with E-state index in [0.29, 0.717) is 0 Å². The molecule has 0 saturated heterocycles. The fraction of sp³-hybridized carbons (Fsp3) is 0.154. The lowest BCUT2D eigenvalue weighted by molar-refractivity contribution is -0.385. The molecule has 0 unspecified atom stereocenters. The highest BCUT2D eigenvalue weighted by Crippen LogP contribution is 2.29. The molecular formula is C13H13ClN2O3. The van der Waals surface area contributed by atoms with Gasteiger partial charge in [-0.05, 0) is 12.1 Å². The fourth-order valence-corrected chi connectivity index (χ4v) is 1.84. The van der Waals surface area contributed by atoms with Gasteiger partial charge in [0.25, 0.3) is 5.91 Å². The van der Waals surface area contributed by atoms with E-state index in [-0.39, 0.29) is 29.4 Å². The second kappa shape index (κ2) is 6.70. The predicted molar refractivity (Wildman–Crippen MR) is 74.4 cm³/mol. The smallest absolute Gasteiger partial charge is 0.300 e. The first-order chi connectivity index (χ1) is 9.02. The van der Waals surface area contributed by atoms with Crippen LogP contribution in [-0.4, -0.2) is 28.8 Å². The molecule has 1 aromatic carbocycles. The van der Waals surface area contributed by atoms with Gasteiger partial charge in [-0.1, -0.05) is 29.8 Å². The van der Waals surface area contributed by atoms with Crippen molar-refractivity contribution in [3.63, 3.8) is 0 Å². The van der Waals surface area contributed by atoms with E-state index in [9.17, 15) is 14.9 Å². The van der Waals surface area contributed by atoms with Crippen LogP contribution in [0.3, 0.4) is 0 Å². The summed E-state index contributed by atoms with van der Waals surface area (Å²) in [5.74, 6) is -0.478. The number of hydrogen-bond acceptors (Lipinski definition) is 3. The molecule has 0 bridgehead atoms. The number of nitro groups is 1. The van der Waals surface area contributed by atoms with Crippen molar-refractivity contribution in [1.29, 1.82) is 0 Å². The van der Waals surface area contributed by atoms with Crippen LogP contribution in [0.5, 0.6) is 0 Å². The van der Waals surface area contributed by atoms with Crippen LogP contribution in [0.2, 0.25) is 5.02 Å². The van der Waals surface area contributed by atoms with Crippen LogP contribution >= 0.6 is 11.6 Å². The van der Waals surface area contributed by atoms with Crippen LogP contribution in [0.4, 0.5) is 5.69 Å². The Kier molecular flexibility index (Phi) is 5.26. The molecule has 0 aromatic heterocycles. The van der Waals surface area contributed by atoms with Gasteiger partial charge in [-0.25, -0.2) is 0 Å². The quantitative estimate of drug-likeness (QED) is 0.457. The Bertz CT molecular complexity index is 519. The molecule has 0 spiro atoms. The molecule has 0 aliphatic rings. The minimum atomic E-state index is -0.657. The second-order valence-corrected chi connectivity index (χ2v) is 4.09. The molecule has 0 fully saturated rings. The Morgan fingerprint density at radius 2 is 1.95 bits per heavy atom. The van der Waals surface area contributed by atoms with Crippen LogP contribution < -0.4 is 0 Å². The molecule has 5 nitrogen and oxygen atoms in total. The summed E-state index contributed by atoms with van der Waals surface area (Å²) in [7, 11) is 0. The van der Waals surface area contributed by atoms with Crippen molar-refractivity contribution in [1.82, 2.24) is 4.90 Å². The lowest BCUT2D eigenvalue weighted by atomic mass is 10.1. The summed E-state index contributed by atoms with van der Waals surface area (Å²) < 4.78 is 0. The normalized spacial score (nSPS) is 9.74. The van der Waals surface area contributed by atoms with Crippen LogP contribution in [0.15, 0.2) is 43.5 Å². The van der Waals surface area contributed by atoms with Gasteiger partial charge < -0.3 is 4.90 Å². The zero-order chi connectivity index (χ0) is 14.4. The van der Waals surface area contributed by atoms with E-state index in [1.165, 1.54) is 35.3 Å². The van der Waals surface area contributed by atoms with Gasteiger partial charge in [0, 0.05) is 13.1 Å².